The molecule has 39 heavy (non-hydrogen) atoms. The number of anilines is 2. The van der Waals surface area contributed by atoms with Gasteiger partial charge in [0.15, 0.2) is 0 Å². The van der Waals surface area contributed by atoms with E-state index in [1.807, 2.05) is 39.8 Å². The quantitative estimate of drug-likeness (QED) is 0.386. The number of carbonyl (C=O) groups is 3. The van der Waals surface area contributed by atoms with Gasteiger partial charge < -0.3 is 19.4 Å². The van der Waals surface area contributed by atoms with Gasteiger partial charge in [-0.2, -0.15) is 0 Å². The van der Waals surface area contributed by atoms with Crippen LogP contribution in [0.3, 0.4) is 0 Å². The highest BCUT2D eigenvalue weighted by molar-refractivity contribution is 6.49. The summed E-state index contributed by atoms with van der Waals surface area (Å²) < 4.78 is 25.8. The summed E-state index contributed by atoms with van der Waals surface area (Å²) in [7, 11) is 1.45. The fourth-order valence-electron chi connectivity index (χ4n) is 5.08. The second kappa shape index (κ2) is 9.81. The van der Waals surface area contributed by atoms with E-state index in [0.29, 0.717) is 27.8 Å². The Hall–Kier alpha value is -3.69. The topological polar surface area (TPSA) is 101 Å². The first kappa shape index (κ1) is 26.9. The van der Waals surface area contributed by atoms with Crippen molar-refractivity contribution in [3.8, 4) is 5.75 Å². The maximum absolute atomic E-state index is 14.7. The number of nitrogens with zero attached hydrogens (tertiary/aromatic N) is 1. The molecule has 10 heteroatoms. The third-order valence-corrected chi connectivity index (χ3v) is 7.54. The predicted octanol–water partition coefficient (Wildman–Crippen LogP) is 5.23. The third-order valence-electron chi connectivity index (χ3n) is 7.19. The number of aryl methyl sites for hydroxylation is 1. The summed E-state index contributed by atoms with van der Waals surface area (Å²) in [5.41, 5.74) is 0.768. The van der Waals surface area contributed by atoms with Crippen LogP contribution in [0.5, 0.6) is 5.75 Å². The number of nitrogens with one attached hydrogen (secondary N) is 2. The van der Waals surface area contributed by atoms with Crippen LogP contribution in [-0.2, 0) is 16.1 Å². The number of amides is 1. The van der Waals surface area contributed by atoms with Crippen LogP contribution in [0.15, 0.2) is 46.9 Å². The molecule has 1 saturated carbocycles. The molecule has 3 atom stereocenters. The van der Waals surface area contributed by atoms with Crippen LogP contribution in [0.4, 0.5) is 15.8 Å². The summed E-state index contributed by atoms with van der Waals surface area (Å²) in [5.74, 6) is -0.435. The largest absolute Gasteiger partial charge is 0.497 e. The number of ether oxygens (including phenoxy) is 1. The molecule has 2 aliphatic rings. The second-order valence-corrected chi connectivity index (χ2v) is 11.3. The molecule has 3 aromatic rings. The van der Waals surface area contributed by atoms with E-state index in [2.05, 4.69) is 10.6 Å². The van der Waals surface area contributed by atoms with Gasteiger partial charge in [0, 0.05) is 22.3 Å². The van der Waals surface area contributed by atoms with Crippen LogP contribution in [0, 0.1) is 18.2 Å². The lowest BCUT2D eigenvalue weighted by molar-refractivity contribution is -0.146. The van der Waals surface area contributed by atoms with Crippen molar-refractivity contribution >= 4 is 40.4 Å². The molecule has 0 spiro atoms. The Balaban J connectivity index is 1.44. The minimum absolute atomic E-state index is 0.0375. The molecule has 8 nitrogen and oxygen atoms in total. The highest BCUT2D eigenvalue weighted by Crippen LogP contribution is 2.40. The van der Waals surface area contributed by atoms with Gasteiger partial charge in [0.05, 0.1) is 30.9 Å². The highest BCUT2D eigenvalue weighted by atomic mass is 35.5. The lowest BCUT2D eigenvalue weighted by atomic mass is 9.78. The molecule has 2 aromatic carbocycles. The zero-order valence-corrected chi connectivity index (χ0v) is 23.0. The molecule has 1 aliphatic heterocycles. The van der Waals surface area contributed by atoms with Crippen molar-refractivity contribution in [2.45, 2.75) is 52.4 Å². The molecule has 2 unspecified atom stereocenters. The number of hydrogen-bond donors (Lipinski definition) is 2. The van der Waals surface area contributed by atoms with Crippen LogP contribution in [0.1, 0.15) is 54.3 Å². The van der Waals surface area contributed by atoms with E-state index in [4.69, 9.17) is 20.8 Å². The molecule has 5 rings (SSSR count). The van der Waals surface area contributed by atoms with Crippen molar-refractivity contribution in [2.75, 3.05) is 17.3 Å². The average Bonchev–Trinajstić information content (AvgIpc) is 3.47. The average molecular weight is 554 g/mol. The molecule has 2 heterocycles. The monoisotopic (exact) mass is 553 g/mol. The van der Waals surface area contributed by atoms with Crippen molar-refractivity contribution in [3.05, 3.63) is 76.0 Å². The van der Waals surface area contributed by atoms with Gasteiger partial charge in [-0.3, -0.25) is 19.7 Å². The van der Waals surface area contributed by atoms with Crippen LogP contribution in [-0.4, -0.2) is 36.7 Å². The van der Waals surface area contributed by atoms with Gasteiger partial charge in [0.2, 0.25) is 11.6 Å². The molecular formula is C29H29ClFN3O5. The van der Waals surface area contributed by atoms with Gasteiger partial charge in [-0.15, -0.1) is 0 Å². The summed E-state index contributed by atoms with van der Waals surface area (Å²) in [6.07, 6.45) is 0. The number of ketones is 2. The van der Waals surface area contributed by atoms with Gasteiger partial charge >= 0.3 is 0 Å². The first-order valence-electron chi connectivity index (χ1n) is 12.5. The molecule has 204 valence electrons. The Morgan fingerprint density at radius 3 is 2.44 bits per heavy atom. The van der Waals surface area contributed by atoms with E-state index < -0.39 is 35.4 Å². The fourth-order valence-corrected chi connectivity index (χ4v) is 5.29. The molecule has 1 amide bonds. The first-order valence-corrected chi connectivity index (χ1v) is 12.9. The zero-order valence-electron chi connectivity index (χ0n) is 22.2. The van der Waals surface area contributed by atoms with Crippen molar-refractivity contribution in [2.24, 2.45) is 5.41 Å². The Bertz CT molecular complexity index is 1490. The summed E-state index contributed by atoms with van der Waals surface area (Å²) >= 11 is 6.44. The van der Waals surface area contributed by atoms with Crippen LogP contribution < -0.4 is 20.3 Å². The molecule has 0 bridgehead atoms. The van der Waals surface area contributed by atoms with E-state index in [9.17, 15) is 18.8 Å². The van der Waals surface area contributed by atoms with E-state index in [1.165, 1.54) is 30.2 Å². The molecule has 1 aromatic heterocycles. The number of methoxy groups -OCH3 is 1. The molecule has 0 saturated heterocycles. The zero-order chi connectivity index (χ0) is 28.2. The van der Waals surface area contributed by atoms with Gasteiger partial charge in [0.1, 0.15) is 35.2 Å². The maximum atomic E-state index is 14.7. The Kier molecular flexibility index (Phi) is 6.76. The third kappa shape index (κ3) is 4.70. The minimum atomic E-state index is -0.918. The normalized spacial score (nSPS) is 19.7. The fraction of sp³-hybridized carbons (Fsp3) is 0.345. The maximum Gasteiger partial charge on any atom is 0.261 e. The van der Waals surface area contributed by atoms with Gasteiger partial charge in [0.25, 0.3) is 5.91 Å². The Morgan fingerprint density at radius 1 is 1.08 bits per heavy atom. The number of hydrogen-bond acceptors (Lipinski definition) is 7. The van der Waals surface area contributed by atoms with E-state index >= 15 is 0 Å². The standard InChI is InChI=1S/C29H29ClFN3O5/c1-14-6-11-21(39-14)27(29(2,3)4)33-24-23(25(35)26(24)36)32-19-10-8-17(30)16-13-34(28(37)22(16)19)20-12-15(38-5)7-9-18(20)31/h6-12,23-24,27,32-33H,13H2,1-5H3/t23?,24?,27-/m0/s1. The summed E-state index contributed by atoms with van der Waals surface area (Å²) in [5, 5.41) is 6.74. The smallest absolute Gasteiger partial charge is 0.261 e. The van der Waals surface area contributed by atoms with E-state index in [0.717, 1.165) is 5.76 Å². The highest BCUT2D eigenvalue weighted by Gasteiger charge is 2.52. The molecule has 1 aliphatic carbocycles. The summed E-state index contributed by atoms with van der Waals surface area (Å²) in [6, 6.07) is 8.91. The number of rotatable bonds is 7. The van der Waals surface area contributed by atoms with Crippen molar-refractivity contribution in [1.29, 1.82) is 0 Å². The van der Waals surface area contributed by atoms with Crippen molar-refractivity contribution < 1.29 is 27.9 Å². The minimum Gasteiger partial charge on any atom is -0.497 e. The first-order chi connectivity index (χ1) is 18.4. The summed E-state index contributed by atoms with van der Waals surface area (Å²) in [4.78, 5) is 40.3. The Labute approximate surface area is 230 Å². The SMILES string of the molecule is COc1ccc(F)c(N2Cc3c(Cl)ccc(NC4C(=O)C(=O)C4N[C@@H](c4ccc(C)o4)C(C)(C)C)c3C2=O)c1. The van der Waals surface area contributed by atoms with Gasteiger partial charge in [-0.25, -0.2) is 4.39 Å². The predicted molar refractivity (Wildman–Crippen MR) is 145 cm³/mol. The number of fused-ring (bicyclic) bond motifs is 1. The molecular weight excluding hydrogens is 525 g/mol. The molecule has 0 radical (unpaired) electrons. The van der Waals surface area contributed by atoms with Crippen LogP contribution in [0.25, 0.3) is 0 Å². The molecule has 2 N–H and O–H groups in total. The number of carbonyl (C=O) groups excluding carboxylic acids is 3. The number of benzene rings is 2. The van der Waals surface area contributed by atoms with Crippen molar-refractivity contribution in [3.63, 3.8) is 0 Å². The van der Waals surface area contributed by atoms with Crippen LogP contribution >= 0.6 is 11.6 Å². The lowest BCUT2D eigenvalue weighted by Crippen LogP contribution is -2.68. The van der Waals surface area contributed by atoms with E-state index in [1.54, 1.807) is 12.1 Å². The van der Waals surface area contributed by atoms with Gasteiger partial charge in [-0.1, -0.05) is 32.4 Å². The number of Topliss-reactive ketones (excluding diaryl/α,β-unsaturated/α-hetero) is 2. The second-order valence-electron chi connectivity index (χ2n) is 10.9. The van der Waals surface area contributed by atoms with Crippen molar-refractivity contribution in [1.82, 2.24) is 5.32 Å². The number of halogens is 2. The lowest BCUT2D eigenvalue weighted by Gasteiger charge is -2.40. The number of furan rings is 1. The summed E-state index contributed by atoms with van der Waals surface area (Å²) in [6.45, 7) is 7.90. The molecule has 1 fully saturated rings. The van der Waals surface area contributed by atoms with E-state index in [-0.39, 0.29) is 29.3 Å². The van der Waals surface area contributed by atoms with Crippen LogP contribution in [0.2, 0.25) is 5.02 Å². The Morgan fingerprint density at radius 2 is 1.79 bits per heavy atom. The van der Waals surface area contributed by atoms with Gasteiger partial charge in [-0.05, 0) is 48.7 Å².